The molecule has 12 rings (SSSR count). The van der Waals surface area contributed by atoms with Gasteiger partial charge in [0.05, 0.1) is 22.1 Å². The molecule has 0 N–H and O–H groups in total. The minimum Gasteiger partial charge on any atom is -0.309 e. The van der Waals surface area contributed by atoms with E-state index in [1.54, 1.807) is 0 Å². The Hall–Kier alpha value is -6.64. The van der Waals surface area contributed by atoms with Crippen molar-refractivity contribution in [2.24, 2.45) is 0 Å². The van der Waals surface area contributed by atoms with Crippen molar-refractivity contribution in [3.63, 3.8) is 0 Å². The highest BCUT2D eigenvalue weighted by Crippen LogP contribution is 2.45. The van der Waals surface area contributed by atoms with E-state index < -0.39 is 0 Å². The largest absolute Gasteiger partial charge is 0.309 e. The number of fused-ring (bicyclic) bond motifs is 12. The first kappa shape index (κ1) is 26.3. The van der Waals surface area contributed by atoms with Gasteiger partial charge in [0.1, 0.15) is 0 Å². The van der Waals surface area contributed by atoms with Crippen molar-refractivity contribution in [3.05, 3.63) is 170 Å². The Morgan fingerprint density at radius 3 is 1.08 bits per heavy atom. The van der Waals surface area contributed by atoms with Crippen LogP contribution in [0.3, 0.4) is 0 Å². The number of benzene rings is 10. The van der Waals surface area contributed by atoms with Gasteiger partial charge in [0.2, 0.25) is 0 Å². The molecular formula is C48H28N2. The second-order valence-electron chi connectivity index (χ2n) is 13.7. The number of rotatable bonds is 2. The summed E-state index contributed by atoms with van der Waals surface area (Å²) in [6.45, 7) is 0. The Bertz CT molecular complexity index is 3320. The molecule has 10 aromatic carbocycles. The van der Waals surface area contributed by atoms with Gasteiger partial charge >= 0.3 is 0 Å². The molecule has 0 aliphatic carbocycles. The standard InChI is InChI=1S/C48H28N2/c1-2-12-32-31(11-1)37-16-9-18-39-33-25-23-29(27-41(33)40-19-10-17-38(32)48(40)47(37)39)50-45-22-8-5-15-36(45)42-28-30(24-26-46(42)50)49-43-20-6-3-13-34(43)35-14-4-7-21-44(35)49/h1-28H. The molecule has 0 bridgehead atoms. The third-order valence-corrected chi connectivity index (χ3v) is 11.2. The van der Waals surface area contributed by atoms with Crippen LogP contribution in [0.15, 0.2) is 170 Å². The van der Waals surface area contributed by atoms with Gasteiger partial charge < -0.3 is 9.13 Å². The first-order valence-corrected chi connectivity index (χ1v) is 17.4. The lowest BCUT2D eigenvalue weighted by Crippen LogP contribution is -1.96. The minimum absolute atomic E-state index is 1.17. The molecular weight excluding hydrogens is 605 g/mol. The molecule has 230 valence electrons. The van der Waals surface area contributed by atoms with E-state index in [0.29, 0.717) is 0 Å². The fraction of sp³-hybridized carbons (Fsp3) is 0. The van der Waals surface area contributed by atoms with E-state index in [-0.39, 0.29) is 0 Å². The molecule has 0 unspecified atom stereocenters. The molecule has 0 atom stereocenters. The van der Waals surface area contributed by atoms with E-state index in [9.17, 15) is 0 Å². The molecule has 0 amide bonds. The van der Waals surface area contributed by atoms with Gasteiger partial charge in [0.15, 0.2) is 0 Å². The van der Waals surface area contributed by atoms with Crippen LogP contribution in [0.4, 0.5) is 0 Å². The molecule has 0 saturated carbocycles. The molecule has 12 aromatic rings. The normalized spacial score (nSPS) is 12.4. The minimum atomic E-state index is 1.17. The first-order valence-electron chi connectivity index (χ1n) is 17.4. The van der Waals surface area contributed by atoms with Crippen molar-refractivity contribution in [3.8, 4) is 11.4 Å². The predicted octanol–water partition coefficient (Wildman–Crippen LogP) is 13.1. The van der Waals surface area contributed by atoms with Crippen LogP contribution >= 0.6 is 0 Å². The van der Waals surface area contributed by atoms with Gasteiger partial charge in [-0.15, -0.1) is 0 Å². The fourth-order valence-corrected chi connectivity index (χ4v) is 9.20. The van der Waals surface area contributed by atoms with E-state index in [0.717, 1.165) is 0 Å². The number of nitrogens with zero attached hydrogens (tertiary/aromatic N) is 2. The fourth-order valence-electron chi connectivity index (χ4n) is 9.20. The number of hydrogen-bond acceptors (Lipinski definition) is 0. The molecule has 0 spiro atoms. The molecule has 2 heteroatoms. The maximum Gasteiger partial charge on any atom is 0.0542 e. The maximum atomic E-state index is 2.46. The summed E-state index contributed by atoms with van der Waals surface area (Å²) in [7, 11) is 0. The molecule has 0 radical (unpaired) electrons. The molecule has 2 heterocycles. The van der Waals surface area contributed by atoms with Crippen LogP contribution in [0.2, 0.25) is 0 Å². The van der Waals surface area contributed by atoms with Gasteiger partial charge in [0, 0.05) is 32.9 Å². The zero-order valence-electron chi connectivity index (χ0n) is 27.1. The van der Waals surface area contributed by atoms with Gasteiger partial charge in [-0.2, -0.15) is 0 Å². The lowest BCUT2D eigenvalue weighted by Gasteiger charge is -2.18. The molecule has 0 fully saturated rings. The summed E-state index contributed by atoms with van der Waals surface area (Å²) in [5.74, 6) is 0. The Balaban J connectivity index is 1.16. The van der Waals surface area contributed by atoms with Crippen molar-refractivity contribution < 1.29 is 0 Å². The maximum absolute atomic E-state index is 2.46. The van der Waals surface area contributed by atoms with Crippen LogP contribution in [-0.4, -0.2) is 9.13 Å². The van der Waals surface area contributed by atoms with Crippen LogP contribution in [0.1, 0.15) is 0 Å². The third-order valence-electron chi connectivity index (χ3n) is 11.2. The number of aromatic nitrogens is 2. The zero-order chi connectivity index (χ0) is 32.5. The quantitative estimate of drug-likeness (QED) is 0.133. The average molecular weight is 633 g/mol. The highest BCUT2D eigenvalue weighted by molar-refractivity contribution is 6.40. The Kier molecular flexibility index (Phi) is 5.00. The Labute approximate surface area is 286 Å². The van der Waals surface area contributed by atoms with E-state index in [1.165, 1.54) is 109 Å². The van der Waals surface area contributed by atoms with Crippen LogP contribution in [0, 0.1) is 0 Å². The predicted molar refractivity (Wildman–Crippen MR) is 214 cm³/mol. The van der Waals surface area contributed by atoms with Crippen molar-refractivity contribution in [2.45, 2.75) is 0 Å². The Morgan fingerprint density at radius 1 is 0.220 bits per heavy atom. The second kappa shape index (κ2) is 9.49. The third kappa shape index (κ3) is 3.28. The summed E-state index contributed by atoms with van der Waals surface area (Å²) in [5.41, 5.74) is 7.22. The monoisotopic (exact) mass is 632 g/mol. The van der Waals surface area contributed by atoms with E-state index >= 15 is 0 Å². The van der Waals surface area contributed by atoms with Gasteiger partial charge in [-0.05, 0) is 102 Å². The van der Waals surface area contributed by atoms with Crippen molar-refractivity contribution in [2.75, 3.05) is 0 Å². The summed E-state index contributed by atoms with van der Waals surface area (Å²) in [6.07, 6.45) is 0. The highest BCUT2D eigenvalue weighted by Gasteiger charge is 2.19. The van der Waals surface area contributed by atoms with Crippen molar-refractivity contribution in [1.82, 2.24) is 9.13 Å². The molecule has 2 aromatic heterocycles. The van der Waals surface area contributed by atoms with Gasteiger partial charge in [0.25, 0.3) is 0 Å². The van der Waals surface area contributed by atoms with Crippen molar-refractivity contribution >= 4 is 97.5 Å². The van der Waals surface area contributed by atoms with E-state index in [4.69, 9.17) is 0 Å². The van der Waals surface area contributed by atoms with Crippen LogP contribution in [0.5, 0.6) is 0 Å². The SMILES string of the molecule is c1ccc2c(c1)c1cccc3c4ccc(-n5c6ccccc6c6cc(-n7c8ccccc8c8ccccc87)ccc65)cc4c4cccc2c4c13. The molecule has 0 saturated heterocycles. The molecule has 2 nitrogen and oxygen atoms in total. The lowest BCUT2D eigenvalue weighted by molar-refractivity contribution is 1.17. The van der Waals surface area contributed by atoms with E-state index in [1.807, 2.05) is 0 Å². The topological polar surface area (TPSA) is 9.86 Å². The molecule has 50 heavy (non-hydrogen) atoms. The molecule has 0 aliphatic heterocycles. The van der Waals surface area contributed by atoms with Gasteiger partial charge in [-0.1, -0.05) is 121 Å². The van der Waals surface area contributed by atoms with Crippen LogP contribution in [0.25, 0.3) is 109 Å². The second-order valence-corrected chi connectivity index (χ2v) is 13.7. The van der Waals surface area contributed by atoms with E-state index in [2.05, 4.69) is 179 Å². The van der Waals surface area contributed by atoms with Gasteiger partial charge in [-0.25, -0.2) is 0 Å². The zero-order valence-corrected chi connectivity index (χ0v) is 27.1. The summed E-state index contributed by atoms with van der Waals surface area (Å²) in [4.78, 5) is 0. The van der Waals surface area contributed by atoms with Crippen LogP contribution < -0.4 is 0 Å². The van der Waals surface area contributed by atoms with Gasteiger partial charge in [-0.3, -0.25) is 0 Å². The average Bonchev–Trinajstić information content (AvgIpc) is 3.70. The summed E-state index contributed by atoms with van der Waals surface area (Å²) in [5, 5.41) is 18.3. The summed E-state index contributed by atoms with van der Waals surface area (Å²) >= 11 is 0. The number of hydrogen-bond donors (Lipinski definition) is 0. The smallest absolute Gasteiger partial charge is 0.0542 e. The highest BCUT2D eigenvalue weighted by atomic mass is 15.0. The lowest BCUT2D eigenvalue weighted by atomic mass is 9.86. The van der Waals surface area contributed by atoms with Crippen LogP contribution in [-0.2, 0) is 0 Å². The van der Waals surface area contributed by atoms with Crippen molar-refractivity contribution in [1.29, 1.82) is 0 Å². The summed E-state index contributed by atoms with van der Waals surface area (Å²) < 4.78 is 4.87. The first-order chi connectivity index (χ1) is 24.8. The molecule has 0 aliphatic rings. The number of para-hydroxylation sites is 3. The Morgan fingerprint density at radius 2 is 0.560 bits per heavy atom. The summed E-state index contributed by atoms with van der Waals surface area (Å²) in [6, 6.07) is 63.0.